The SMILES string of the molecule is CCNC(=O)[C@H]1O[C@@H](n2cnc3c(N)nc(CC4CCN(C(=O)OC5CCOC5)CC4)nc32)C(O)C1O. The number of fused-ring (bicyclic) bond motifs is 1. The van der Waals surface area contributed by atoms with Gasteiger partial charge < -0.3 is 40.4 Å². The molecule has 5 heterocycles. The molecule has 2 amide bonds. The summed E-state index contributed by atoms with van der Waals surface area (Å²) in [6.45, 7) is 4.34. The normalized spacial score (nSPS) is 28.6. The van der Waals surface area contributed by atoms with Crippen molar-refractivity contribution in [3.05, 3.63) is 12.2 Å². The molecular weight excluding hydrogens is 486 g/mol. The standard InChI is InChI=1S/C23H33N7O7/c1-2-25-21(33)18-16(31)17(32)22(37-18)30-11-26-15-19(24)27-14(28-20(15)30)9-12-3-6-29(7-4-12)23(34)36-13-5-8-35-10-13/h11-13,16-18,22,31-32H,2-10H2,1H3,(H,25,33)(H2,24,27,28)/t13?,16?,17?,18-,22+/m0/s1. The minimum Gasteiger partial charge on any atom is -0.444 e. The number of carbonyl (C=O) groups is 2. The zero-order valence-electron chi connectivity index (χ0n) is 20.7. The van der Waals surface area contributed by atoms with Crippen molar-refractivity contribution in [2.24, 2.45) is 5.92 Å². The van der Waals surface area contributed by atoms with Crippen LogP contribution in [0.15, 0.2) is 6.33 Å². The largest absolute Gasteiger partial charge is 0.444 e. The van der Waals surface area contributed by atoms with Gasteiger partial charge >= 0.3 is 6.09 Å². The van der Waals surface area contributed by atoms with E-state index in [1.165, 1.54) is 10.9 Å². The number of anilines is 1. The smallest absolute Gasteiger partial charge is 0.410 e. The van der Waals surface area contributed by atoms with Crippen LogP contribution in [-0.4, -0.2) is 104 Å². The summed E-state index contributed by atoms with van der Waals surface area (Å²) >= 11 is 0. The highest BCUT2D eigenvalue weighted by Gasteiger charge is 2.47. The number of likely N-dealkylation sites (N-methyl/N-ethyl adjacent to an activating group) is 1. The van der Waals surface area contributed by atoms with Gasteiger partial charge in [0.25, 0.3) is 5.91 Å². The summed E-state index contributed by atoms with van der Waals surface area (Å²) in [7, 11) is 0. The zero-order chi connectivity index (χ0) is 26.1. The number of nitrogen functional groups attached to an aromatic ring is 1. The maximum Gasteiger partial charge on any atom is 0.410 e. The van der Waals surface area contributed by atoms with Gasteiger partial charge in [0.1, 0.15) is 29.7 Å². The second-order valence-electron chi connectivity index (χ2n) is 9.68. The number of nitrogens with zero attached hydrogens (tertiary/aromatic N) is 5. The minimum absolute atomic E-state index is 0.169. The van der Waals surface area contributed by atoms with E-state index in [2.05, 4.69) is 20.3 Å². The predicted octanol–water partition coefficient (Wildman–Crippen LogP) is -0.656. The van der Waals surface area contributed by atoms with Crippen molar-refractivity contribution in [2.75, 3.05) is 38.6 Å². The van der Waals surface area contributed by atoms with Gasteiger partial charge in [0.05, 0.1) is 19.5 Å². The number of carbonyl (C=O) groups excluding carboxylic acids is 2. The third-order valence-corrected chi connectivity index (χ3v) is 7.12. The fraction of sp³-hybridized carbons (Fsp3) is 0.696. The number of aliphatic hydroxyl groups excluding tert-OH is 2. The molecule has 0 radical (unpaired) electrons. The Morgan fingerprint density at radius 3 is 2.70 bits per heavy atom. The molecule has 202 valence electrons. The Balaban J connectivity index is 1.26. The number of hydrogen-bond acceptors (Lipinski definition) is 11. The van der Waals surface area contributed by atoms with Gasteiger partial charge in [-0.05, 0) is 25.7 Å². The van der Waals surface area contributed by atoms with Crippen LogP contribution in [0.25, 0.3) is 11.2 Å². The van der Waals surface area contributed by atoms with E-state index in [0.29, 0.717) is 56.3 Å². The zero-order valence-corrected chi connectivity index (χ0v) is 20.7. The van der Waals surface area contributed by atoms with Gasteiger partial charge in [0.2, 0.25) is 0 Å². The first-order valence-corrected chi connectivity index (χ1v) is 12.7. The Morgan fingerprint density at radius 1 is 1.22 bits per heavy atom. The molecule has 3 fully saturated rings. The summed E-state index contributed by atoms with van der Waals surface area (Å²) in [4.78, 5) is 39.7. The first-order chi connectivity index (χ1) is 17.9. The molecule has 0 aromatic carbocycles. The van der Waals surface area contributed by atoms with Gasteiger partial charge in [-0.2, -0.15) is 0 Å². The number of piperidine rings is 1. The van der Waals surface area contributed by atoms with Gasteiger partial charge in [-0.3, -0.25) is 9.36 Å². The Hall–Kier alpha value is -3.07. The van der Waals surface area contributed by atoms with Crippen LogP contribution in [0.1, 0.15) is 38.2 Å². The van der Waals surface area contributed by atoms with Crippen molar-refractivity contribution in [1.82, 2.24) is 29.7 Å². The number of nitrogens with two attached hydrogens (primary N) is 1. The quantitative estimate of drug-likeness (QED) is 0.379. The van der Waals surface area contributed by atoms with Crippen molar-refractivity contribution in [3.8, 4) is 0 Å². The third-order valence-electron chi connectivity index (χ3n) is 7.12. The van der Waals surface area contributed by atoms with E-state index in [1.807, 2.05) is 0 Å². The third kappa shape index (κ3) is 5.19. The summed E-state index contributed by atoms with van der Waals surface area (Å²) in [5.41, 5.74) is 6.85. The molecule has 3 unspecified atom stereocenters. The summed E-state index contributed by atoms with van der Waals surface area (Å²) in [5, 5.41) is 23.6. The van der Waals surface area contributed by atoms with Gasteiger partial charge in [0, 0.05) is 32.5 Å². The van der Waals surface area contributed by atoms with Crippen molar-refractivity contribution in [3.63, 3.8) is 0 Å². The molecule has 2 aromatic heterocycles. The van der Waals surface area contributed by atoms with E-state index in [1.54, 1.807) is 11.8 Å². The molecular formula is C23H33N7O7. The molecule has 14 heteroatoms. The summed E-state index contributed by atoms with van der Waals surface area (Å²) < 4.78 is 18.0. The molecule has 5 atom stereocenters. The number of likely N-dealkylation sites (tertiary alicyclic amines) is 1. The molecule has 14 nitrogen and oxygen atoms in total. The number of nitrogens with one attached hydrogen (secondary N) is 1. The molecule has 5 rings (SSSR count). The topological polar surface area (TPSA) is 187 Å². The van der Waals surface area contributed by atoms with Crippen LogP contribution in [0.4, 0.5) is 10.6 Å². The van der Waals surface area contributed by atoms with Crippen molar-refractivity contribution in [1.29, 1.82) is 0 Å². The lowest BCUT2D eigenvalue weighted by atomic mass is 9.93. The number of aromatic nitrogens is 4. The van der Waals surface area contributed by atoms with E-state index in [9.17, 15) is 19.8 Å². The lowest BCUT2D eigenvalue weighted by Crippen LogP contribution is -2.42. The van der Waals surface area contributed by atoms with E-state index in [4.69, 9.17) is 19.9 Å². The molecule has 3 aliphatic heterocycles. The predicted molar refractivity (Wildman–Crippen MR) is 128 cm³/mol. The first-order valence-electron chi connectivity index (χ1n) is 12.7. The van der Waals surface area contributed by atoms with E-state index >= 15 is 0 Å². The van der Waals surface area contributed by atoms with Gasteiger partial charge in [-0.1, -0.05) is 0 Å². The maximum absolute atomic E-state index is 12.4. The molecule has 2 aromatic rings. The van der Waals surface area contributed by atoms with Crippen molar-refractivity contribution < 1.29 is 34.0 Å². The van der Waals surface area contributed by atoms with Crippen LogP contribution in [-0.2, 0) is 25.4 Å². The highest BCUT2D eigenvalue weighted by Crippen LogP contribution is 2.33. The number of imidazole rings is 1. The number of aliphatic hydroxyl groups is 2. The van der Waals surface area contributed by atoms with Gasteiger partial charge in [0.15, 0.2) is 23.8 Å². The first kappa shape index (κ1) is 25.6. The summed E-state index contributed by atoms with van der Waals surface area (Å²) in [6, 6.07) is 0. The molecule has 0 bridgehead atoms. The van der Waals surface area contributed by atoms with Crippen LogP contribution in [0.5, 0.6) is 0 Å². The Bertz CT molecular complexity index is 1130. The average molecular weight is 520 g/mol. The summed E-state index contributed by atoms with van der Waals surface area (Å²) in [6.07, 6.45) is -1.35. The fourth-order valence-electron chi connectivity index (χ4n) is 5.04. The number of amides is 2. The Kier molecular flexibility index (Phi) is 7.42. The second kappa shape index (κ2) is 10.7. The van der Waals surface area contributed by atoms with Crippen LogP contribution < -0.4 is 11.1 Å². The van der Waals surface area contributed by atoms with E-state index in [-0.39, 0.29) is 23.9 Å². The van der Waals surface area contributed by atoms with Crippen molar-refractivity contribution in [2.45, 2.75) is 63.3 Å². The molecule has 37 heavy (non-hydrogen) atoms. The highest BCUT2D eigenvalue weighted by molar-refractivity contribution is 5.83. The van der Waals surface area contributed by atoms with Gasteiger partial charge in [-0.25, -0.2) is 19.7 Å². The lowest BCUT2D eigenvalue weighted by Gasteiger charge is -2.31. The maximum atomic E-state index is 12.4. The molecule has 3 saturated heterocycles. The van der Waals surface area contributed by atoms with Crippen LogP contribution in [0.3, 0.4) is 0 Å². The highest BCUT2D eigenvalue weighted by atomic mass is 16.6. The Morgan fingerprint density at radius 2 is 2.00 bits per heavy atom. The number of ether oxygens (including phenoxy) is 3. The Labute approximate surface area is 213 Å². The lowest BCUT2D eigenvalue weighted by molar-refractivity contribution is -0.137. The van der Waals surface area contributed by atoms with Crippen molar-refractivity contribution >= 4 is 29.0 Å². The molecule has 0 aliphatic carbocycles. The number of rotatable bonds is 6. The summed E-state index contributed by atoms with van der Waals surface area (Å²) in [5.74, 6) is 0.419. The van der Waals surface area contributed by atoms with E-state index in [0.717, 1.165) is 19.3 Å². The van der Waals surface area contributed by atoms with Crippen LogP contribution in [0, 0.1) is 5.92 Å². The average Bonchev–Trinajstić information content (AvgIpc) is 3.60. The molecule has 0 saturated carbocycles. The fourth-order valence-corrected chi connectivity index (χ4v) is 5.04. The molecule has 0 spiro atoms. The van der Waals surface area contributed by atoms with Crippen LogP contribution in [0.2, 0.25) is 0 Å². The van der Waals surface area contributed by atoms with E-state index < -0.39 is 30.4 Å². The molecule has 5 N–H and O–H groups in total. The minimum atomic E-state index is -1.41. The monoisotopic (exact) mass is 519 g/mol. The number of hydrogen-bond donors (Lipinski definition) is 4. The molecule has 3 aliphatic rings. The second-order valence-corrected chi connectivity index (χ2v) is 9.68. The van der Waals surface area contributed by atoms with Crippen LogP contribution >= 0.6 is 0 Å². The van der Waals surface area contributed by atoms with Gasteiger partial charge in [-0.15, -0.1) is 0 Å².